The number of carbonyl (C=O) groups is 2. The lowest BCUT2D eigenvalue weighted by Gasteiger charge is -2.14. The minimum atomic E-state index is -0.292. The van der Waals surface area contributed by atoms with E-state index < -0.39 is 0 Å². The second-order valence-corrected chi connectivity index (χ2v) is 6.54. The second kappa shape index (κ2) is 9.22. The Kier molecular flexibility index (Phi) is 7.01. The lowest BCUT2D eigenvalue weighted by Crippen LogP contribution is -2.32. The van der Waals surface area contributed by atoms with Crippen LogP contribution in [0.25, 0.3) is 0 Å². The number of hydrogen-bond acceptors (Lipinski definition) is 3. The largest absolute Gasteiger partial charge is 0.483 e. The van der Waals surface area contributed by atoms with Crippen molar-refractivity contribution in [2.45, 2.75) is 26.3 Å². The highest BCUT2D eigenvalue weighted by molar-refractivity contribution is 9.10. The quantitative estimate of drug-likeness (QED) is 0.732. The topological polar surface area (TPSA) is 67.4 Å². The molecular formula is C19H21BrN2O3. The molecule has 6 heteroatoms. The fourth-order valence-corrected chi connectivity index (χ4v) is 2.32. The molecule has 0 aromatic heterocycles. The molecule has 2 aromatic carbocycles. The van der Waals surface area contributed by atoms with E-state index in [1.54, 1.807) is 36.4 Å². The van der Waals surface area contributed by atoms with Gasteiger partial charge in [0, 0.05) is 16.2 Å². The van der Waals surface area contributed by atoms with Crippen LogP contribution in [0.2, 0.25) is 0 Å². The SMILES string of the molecule is CCC(C)NC(=O)c1ccccc1OCC(=O)Nc1ccc(Br)cc1. The average molecular weight is 405 g/mol. The van der Waals surface area contributed by atoms with Crippen molar-refractivity contribution in [2.24, 2.45) is 0 Å². The number of ether oxygens (including phenoxy) is 1. The number of halogens is 1. The second-order valence-electron chi connectivity index (χ2n) is 5.62. The molecule has 2 amide bonds. The van der Waals surface area contributed by atoms with Crippen molar-refractivity contribution in [3.8, 4) is 5.75 Å². The molecule has 1 atom stereocenters. The highest BCUT2D eigenvalue weighted by atomic mass is 79.9. The Bertz CT molecular complexity index is 732. The van der Waals surface area contributed by atoms with Gasteiger partial charge in [-0.15, -0.1) is 0 Å². The van der Waals surface area contributed by atoms with Crippen molar-refractivity contribution in [2.75, 3.05) is 11.9 Å². The number of nitrogens with one attached hydrogen (secondary N) is 2. The monoisotopic (exact) mass is 404 g/mol. The van der Waals surface area contributed by atoms with Crippen LogP contribution in [0.1, 0.15) is 30.6 Å². The van der Waals surface area contributed by atoms with Gasteiger partial charge in [-0.05, 0) is 49.7 Å². The van der Waals surface area contributed by atoms with Crippen LogP contribution in [-0.2, 0) is 4.79 Å². The standard InChI is InChI=1S/C19H21BrN2O3/c1-3-13(2)21-19(24)16-6-4-5-7-17(16)25-12-18(23)22-15-10-8-14(20)9-11-15/h4-11,13H,3,12H2,1-2H3,(H,21,24)(H,22,23). The number of para-hydroxylation sites is 1. The third-order valence-corrected chi connectivity index (χ3v) is 4.14. The van der Waals surface area contributed by atoms with Crippen LogP contribution in [0.4, 0.5) is 5.69 Å². The van der Waals surface area contributed by atoms with E-state index in [0.29, 0.717) is 17.0 Å². The summed E-state index contributed by atoms with van der Waals surface area (Å²) in [7, 11) is 0. The van der Waals surface area contributed by atoms with Crippen LogP contribution in [0, 0.1) is 0 Å². The summed E-state index contributed by atoms with van der Waals surface area (Å²) in [4.78, 5) is 24.3. The van der Waals surface area contributed by atoms with Gasteiger partial charge in [-0.1, -0.05) is 35.0 Å². The first-order valence-corrected chi connectivity index (χ1v) is 8.87. The third-order valence-electron chi connectivity index (χ3n) is 3.61. The number of anilines is 1. The summed E-state index contributed by atoms with van der Waals surface area (Å²) in [6.45, 7) is 3.76. The van der Waals surface area contributed by atoms with Crippen molar-refractivity contribution in [3.63, 3.8) is 0 Å². The van der Waals surface area contributed by atoms with E-state index in [1.165, 1.54) is 0 Å². The van der Waals surface area contributed by atoms with Gasteiger partial charge in [0.1, 0.15) is 5.75 Å². The van der Waals surface area contributed by atoms with Crippen LogP contribution in [-0.4, -0.2) is 24.5 Å². The van der Waals surface area contributed by atoms with E-state index in [2.05, 4.69) is 26.6 Å². The molecule has 2 rings (SSSR count). The molecule has 0 heterocycles. The molecule has 0 fully saturated rings. The summed E-state index contributed by atoms with van der Waals surface area (Å²) in [6, 6.07) is 14.2. The molecule has 0 aliphatic rings. The number of carbonyl (C=O) groups excluding carboxylic acids is 2. The van der Waals surface area contributed by atoms with Crippen LogP contribution in [0.5, 0.6) is 5.75 Å². The summed E-state index contributed by atoms with van der Waals surface area (Å²) < 4.78 is 6.48. The maximum atomic E-state index is 12.3. The van der Waals surface area contributed by atoms with Gasteiger partial charge in [0.25, 0.3) is 11.8 Å². The molecule has 2 N–H and O–H groups in total. The summed E-state index contributed by atoms with van der Waals surface area (Å²) in [5.74, 6) is -0.119. The summed E-state index contributed by atoms with van der Waals surface area (Å²) >= 11 is 3.34. The van der Waals surface area contributed by atoms with E-state index in [-0.39, 0.29) is 24.5 Å². The van der Waals surface area contributed by atoms with Crippen LogP contribution >= 0.6 is 15.9 Å². The van der Waals surface area contributed by atoms with E-state index >= 15 is 0 Å². The summed E-state index contributed by atoms with van der Waals surface area (Å²) in [6.07, 6.45) is 0.838. The Hall–Kier alpha value is -2.34. The molecule has 25 heavy (non-hydrogen) atoms. The lowest BCUT2D eigenvalue weighted by atomic mass is 10.1. The molecule has 132 valence electrons. The molecule has 2 aromatic rings. The molecular weight excluding hydrogens is 384 g/mol. The van der Waals surface area contributed by atoms with Gasteiger partial charge in [-0.25, -0.2) is 0 Å². The van der Waals surface area contributed by atoms with Gasteiger partial charge in [0.2, 0.25) is 0 Å². The normalized spacial score (nSPS) is 11.5. The van der Waals surface area contributed by atoms with Gasteiger partial charge in [-0.2, -0.15) is 0 Å². The third kappa shape index (κ3) is 5.90. The molecule has 0 spiro atoms. The maximum Gasteiger partial charge on any atom is 0.262 e. The Morgan fingerprint density at radius 2 is 1.80 bits per heavy atom. The first-order chi connectivity index (χ1) is 12.0. The fraction of sp³-hybridized carbons (Fsp3) is 0.263. The van der Waals surface area contributed by atoms with Crippen LogP contribution in [0.15, 0.2) is 53.0 Å². The zero-order chi connectivity index (χ0) is 18.2. The van der Waals surface area contributed by atoms with Crippen molar-refractivity contribution in [3.05, 3.63) is 58.6 Å². The van der Waals surface area contributed by atoms with Crippen molar-refractivity contribution >= 4 is 33.4 Å². The first kappa shape index (κ1) is 19.0. The zero-order valence-corrected chi connectivity index (χ0v) is 15.8. The molecule has 0 saturated heterocycles. The fourth-order valence-electron chi connectivity index (χ4n) is 2.06. The van der Waals surface area contributed by atoms with Gasteiger partial charge < -0.3 is 15.4 Å². The van der Waals surface area contributed by atoms with Crippen molar-refractivity contribution in [1.29, 1.82) is 0 Å². The molecule has 5 nitrogen and oxygen atoms in total. The number of rotatable bonds is 7. The Morgan fingerprint density at radius 3 is 2.48 bits per heavy atom. The van der Waals surface area contributed by atoms with Crippen molar-refractivity contribution < 1.29 is 14.3 Å². The predicted molar refractivity (Wildman–Crippen MR) is 102 cm³/mol. The lowest BCUT2D eigenvalue weighted by molar-refractivity contribution is -0.118. The Labute approximate surface area is 155 Å². The van der Waals surface area contributed by atoms with Crippen LogP contribution in [0.3, 0.4) is 0 Å². The molecule has 0 bridgehead atoms. The zero-order valence-electron chi connectivity index (χ0n) is 14.2. The van der Waals surface area contributed by atoms with E-state index in [4.69, 9.17) is 4.74 Å². The van der Waals surface area contributed by atoms with Crippen molar-refractivity contribution in [1.82, 2.24) is 5.32 Å². The van der Waals surface area contributed by atoms with Gasteiger partial charge in [-0.3, -0.25) is 9.59 Å². The highest BCUT2D eigenvalue weighted by Gasteiger charge is 2.14. The molecule has 0 aliphatic carbocycles. The van der Waals surface area contributed by atoms with E-state index in [0.717, 1.165) is 10.9 Å². The molecule has 0 aliphatic heterocycles. The minimum absolute atomic E-state index is 0.0706. The first-order valence-electron chi connectivity index (χ1n) is 8.07. The average Bonchev–Trinajstić information content (AvgIpc) is 2.62. The number of benzene rings is 2. The van der Waals surface area contributed by atoms with E-state index in [1.807, 2.05) is 26.0 Å². The summed E-state index contributed by atoms with van der Waals surface area (Å²) in [5.41, 5.74) is 1.10. The molecule has 1 unspecified atom stereocenters. The smallest absolute Gasteiger partial charge is 0.262 e. The Morgan fingerprint density at radius 1 is 1.12 bits per heavy atom. The minimum Gasteiger partial charge on any atom is -0.483 e. The maximum absolute atomic E-state index is 12.3. The summed E-state index contributed by atoms with van der Waals surface area (Å²) in [5, 5.41) is 5.64. The van der Waals surface area contributed by atoms with E-state index in [9.17, 15) is 9.59 Å². The highest BCUT2D eigenvalue weighted by Crippen LogP contribution is 2.18. The van der Waals surface area contributed by atoms with Crippen LogP contribution < -0.4 is 15.4 Å². The predicted octanol–water partition coefficient (Wildman–Crippen LogP) is 3.99. The Balaban J connectivity index is 1.97. The molecule has 0 saturated carbocycles. The van der Waals surface area contributed by atoms with Gasteiger partial charge in [0.05, 0.1) is 5.56 Å². The number of amides is 2. The van der Waals surface area contributed by atoms with Gasteiger partial charge >= 0.3 is 0 Å². The number of hydrogen-bond donors (Lipinski definition) is 2. The van der Waals surface area contributed by atoms with Gasteiger partial charge in [0.15, 0.2) is 6.61 Å². The molecule has 0 radical (unpaired) electrons.